The van der Waals surface area contributed by atoms with Crippen LogP contribution in [0.15, 0.2) is 0 Å². The van der Waals surface area contributed by atoms with Gasteiger partial charge in [-0.05, 0) is 19.1 Å². The van der Waals surface area contributed by atoms with E-state index in [2.05, 4.69) is 10.2 Å². The van der Waals surface area contributed by atoms with Gasteiger partial charge in [0.05, 0.1) is 0 Å². The Hall–Kier alpha value is -0.530. The molecular formula is C7H13N3O2S2. The molecule has 0 aliphatic carbocycles. The number of aliphatic hydroxyl groups is 1. The van der Waals surface area contributed by atoms with Crippen molar-refractivity contribution in [3.63, 3.8) is 0 Å². The third-order valence-corrected chi connectivity index (χ3v) is 3.08. The molecular weight excluding hydrogens is 222 g/mol. The highest BCUT2D eigenvalue weighted by atomic mass is 32.2. The first-order valence-electron chi connectivity index (χ1n) is 4.13. The summed E-state index contributed by atoms with van der Waals surface area (Å²) in [6, 6.07) is -0.0192. The lowest BCUT2D eigenvalue weighted by molar-refractivity contribution is 0.262. The minimum atomic E-state index is -0.889. The van der Waals surface area contributed by atoms with Gasteiger partial charge in [0.2, 0.25) is 0 Å². The number of hydrogen-bond donors (Lipinski definition) is 2. The van der Waals surface area contributed by atoms with Crippen LogP contribution in [0.1, 0.15) is 18.8 Å². The van der Waals surface area contributed by atoms with E-state index in [0.717, 1.165) is 0 Å². The van der Waals surface area contributed by atoms with E-state index < -0.39 is 10.8 Å². The van der Waals surface area contributed by atoms with Gasteiger partial charge in [-0.1, -0.05) is 0 Å². The third-order valence-electron chi connectivity index (χ3n) is 1.84. The van der Waals surface area contributed by atoms with Crippen LogP contribution in [0.2, 0.25) is 0 Å². The van der Waals surface area contributed by atoms with Crippen molar-refractivity contribution in [1.82, 2.24) is 14.8 Å². The van der Waals surface area contributed by atoms with Crippen molar-refractivity contribution in [3.8, 4) is 0 Å². The second-order valence-electron chi connectivity index (χ2n) is 3.06. The topological polar surface area (TPSA) is 70.9 Å². The molecule has 2 unspecified atom stereocenters. The van der Waals surface area contributed by atoms with Gasteiger partial charge in [-0.25, -0.2) is 0 Å². The summed E-state index contributed by atoms with van der Waals surface area (Å²) in [7, 11) is -0.889. The molecule has 1 heterocycles. The van der Waals surface area contributed by atoms with E-state index in [4.69, 9.17) is 17.3 Å². The highest BCUT2D eigenvalue weighted by Crippen LogP contribution is 2.10. The Labute approximate surface area is 89.6 Å². The van der Waals surface area contributed by atoms with Crippen LogP contribution in [0.5, 0.6) is 0 Å². The molecule has 80 valence electrons. The molecule has 1 aromatic rings. The number of aromatic nitrogens is 3. The number of rotatable bonds is 4. The van der Waals surface area contributed by atoms with Crippen LogP contribution < -0.4 is 0 Å². The van der Waals surface area contributed by atoms with Gasteiger partial charge in [0.25, 0.3) is 0 Å². The second-order valence-corrected chi connectivity index (χ2v) is 4.93. The Bertz CT molecular complexity index is 385. The fourth-order valence-corrected chi connectivity index (χ4v) is 2.48. The smallest absolute Gasteiger partial charge is 0.195 e. The molecule has 1 aromatic heterocycles. The van der Waals surface area contributed by atoms with Gasteiger partial charge in [-0.3, -0.25) is 13.9 Å². The van der Waals surface area contributed by atoms with Crippen molar-refractivity contribution in [1.29, 1.82) is 0 Å². The van der Waals surface area contributed by atoms with Gasteiger partial charge in [0, 0.05) is 28.9 Å². The summed E-state index contributed by atoms with van der Waals surface area (Å²) in [4.78, 5) is 0. The van der Waals surface area contributed by atoms with Gasteiger partial charge in [0.15, 0.2) is 10.6 Å². The largest absolute Gasteiger partial charge is 0.388 e. The molecule has 2 N–H and O–H groups in total. The van der Waals surface area contributed by atoms with Crippen molar-refractivity contribution in [2.75, 3.05) is 12.0 Å². The molecule has 0 aliphatic rings. The number of aliphatic hydroxyl groups excluding tert-OH is 1. The lowest BCUT2D eigenvalue weighted by atomic mass is 10.4. The van der Waals surface area contributed by atoms with Crippen molar-refractivity contribution in [2.45, 2.75) is 19.6 Å². The number of hydrogen-bond acceptors (Lipinski definition) is 4. The maximum atomic E-state index is 11.0. The van der Waals surface area contributed by atoms with Crippen molar-refractivity contribution in [2.24, 2.45) is 0 Å². The van der Waals surface area contributed by atoms with Crippen LogP contribution in [0.3, 0.4) is 0 Å². The number of nitrogens with zero attached hydrogens (tertiary/aromatic N) is 2. The fourth-order valence-electron chi connectivity index (χ4n) is 1.32. The monoisotopic (exact) mass is 235 g/mol. The number of H-pyrrole nitrogens is 1. The number of aromatic amines is 1. The third kappa shape index (κ3) is 2.49. The molecule has 0 aromatic carbocycles. The van der Waals surface area contributed by atoms with Crippen LogP contribution >= 0.6 is 12.2 Å². The molecule has 0 bridgehead atoms. The van der Waals surface area contributed by atoms with Gasteiger partial charge in [-0.2, -0.15) is 5.10 Å². The lowest BCUT2D eigenvalue weighted by Crippen LogP contribution is -2.15. The molecule has 0 saturated heterocycles. The van der Waals surface area contributed by atoms with E-state index in [9.17, 15) is 4.21 Å². The zero-order valence-electron chi connectivity index (χ0n) is 8.06. The highest BCUT2D eigenvalue weighted by Gasteiger charge is 2.12. The summed E-state index contributed by atoms with van der Waals surface area (Å²) in [5.41, 5.74) is 0. The molecule has 2 atom stereocenters. The molecule has 0 aliphatic heterocycles. The van der Waals surface area contributed by atoms with Gasteiger partial charge < -0.3 is 5.11 Å². The minimum absolute atomic E-state index is 0.0192. The van der Waals surface area contributed by atoms with Crippen LogP contribution in [0.4, 0.5) is 0 Å². The van der Waals surface area contributed by atoms with Crippen LogP contribution in [0.25, 0.3) is 0 Å². The predicted molar refractivity (Wildman–Crippen MR) is 57.0 cm³/mol. The molecule has 0 spiro atoms. The van der Waals surface area contributed by atoms with E-state index in [-0.39, 0.29) is 12.6 Å². The normalized spacial score (nSPS) is 15.4. The first-order chi connectivity index (χ1) is 6.56. The Morgan fingerprint density at radius 2 is 2.43 bits per heavy atom. The molecule has 0 radical (unpaired) electrons. The summed E-state index contributed by atoms with van der Waals surface area (Å²) < 4.78 is 13.2. The number of nitrogens with one attached hydrogen (secondary N) is 1. The minimum Gasteiger partial charge on any atom is -0.388 e. The van der Waals surface area contributed by atoms with Gasteiger partial charge >= 0.3 is 0 Å². The summed E-state index contributed by atoms with van der Waals surface area (Å²) in [6.07, 6.45) is 1.64. The SMILES string of the molecule is CC(CS(C)=O)n1c(CO)n[nH]c1=S. The molecule has 7 heteroatoms. The summed E-state index contributed by atoms with van der Waals surface area (Å²) >= 11 is 5.00. The Balaban J connectivity index is 2.98. The standard InChI is InChI=1S/C7H13N3O2S2/c1-5(4-14(2)12)10-6(3-11)8-9-7(10)13/h5,11H,3-4H2,1-2H3,(H,9,13). The van der Waals surface area contributed by atoms with Crippen LogP contribution in [-0.4, -0.2) is 36.1 Å². The maximum absolute atomic E-state index is 11.0. The zero-order valence-corrected chi connectivity index (χ0v) is 9.69. The van der Waals surface area contributed by atoms with Crippen LogP contribution in [-0.2, 0) is 17.4 Å². The van der Waals surface area contributed by atoms with E-state index in [0.29, 0.717) is 16.3 Å². The van der Waals surface area contributed by atoms with Gasteiger partial charge in [0.1, 0.15) is 6.61 Å². The highest BCUT2D eigenvalue weighted by molar-refractivity contribution is 7.84. The van der Waals surface area contributed by atoms with E-state index in [1.165, 1.54) is 0 Å². The van der Waals surface area contributed by atoms with Gasteiger partial charge in [-0.15, -0.1) is 0 Å². The van der Waals surface area contributed by atoms with E-state index in [1.807, 2.05) is 6.92 Å². The lowest BCUT2D eigenvalue weighted by Gasteiger charge is -2.12. The van der Waals surface area contributed by atoms with Crippen molar-refractivity contribution in [3.05, 3.63) is 10.6 Å². The molecule has 14 heavy (non-hydrogen) atoms. The van der Waals surface area contributed by atoms with Crippen LogP contribution in [0, 0.1) is 4.77 Å². The van der Waals surface area contributed by atoms with E-state index >= 15 is 0 Å². The molecule has 5 nitrogen and oxygen atoms in total. The average molecular weight is 235 g/mol. The Kier molecular flexibility index (Phi) is 3.97. The second kappa shape index (κ2) is 4.81. The zero-order chi connectivity index (χ0) is 10.7. The van der Waals surface area contributed by atoms with Crippen molar-refractivity contribution >= 4 is 23.0 Å². The summed E-state index contributed by atoms with van der Waals surface area (Å²) in [5.74, 6) is 0.980. The van der Waals surface area contributed by atoms with Crippen molar-refractivity contribution < 1.29 is 9.32 Å². The average Bonchev–Trinajstić information content (AvgIpc) is 2.45. The predicted octanol–water partition coefficient (Wildman–Crippen LogP) is 0.372. The first-order valence-corrected chi connectivity index (χ1v) is 6.26. The Morgan fingerprint density at radius 3 is 2.93 bits per heavy atom. The van der Waals surface area contributed by atoms with E-state index in [1.54, 1.807) is 10.8 Å². The quantitative estimate of drug-likeness (QED) is 0.740. The maximum Gasteiger partial charge on any atom is 0.195 e. The molecule has 0 fully saturated rings. The molecule has 1 rings (SSSR count). The Morgan fingerprint density at radius 1 is 1.79 bits per heavy atom. The summed E-state index contributed by atoms with van der Waals surface area (Å²) in [5, 5.41) is 15.4. The molecule has 0 amide bonds. The first kappa shape index (κ1) is 11.5. The fraction of sp³-hybridized carbons (Fsp3) is 0.714. The molecule has 0 saturated carbocycles. The summed E-state index contributed by atoms with van der Waals surface area (Å²) in [6.45, 7) is 1.72.